The van der Waals surface area contributed by atoms with Gasteiger partial charge in [0, 0.05) is 68.5 Å². The van der Waals surface area contributed by atoms with Crippen LogP contribution in [0.25, 0.3) is 11.1 Å². The Bertz CT molecular complexity index is 1100. The minimum absolute atomic E-state index is 0.168. The van der Waals surface area contributed by atoms with Gasteiger partial charge >= 0.3 is 5.97 Å². The number of nitrogens with one attached hydrogen (secondary N) is 1. The summed E-state index contributed by atoms with van der Waals surface area (Å²) in [5, 5.41) is 17.2. The molecule has 172 valence electrons. The molecule has 1 aromatic carbocycles. The summed E-state index contributed by atoms with van der Waals surface area (Å²) < 4.78 is 1.49. The number of carbonyl (C=O) groups is 1. The van der Waals surface area contributed by atoms with E-state index in [0.717, 1.165) is 55.8 Å². The summed E-state index contributed by atoms with van der Waals surface area (Å²) in [5.41, 5.74) is 5.35. The molecule has 0 saturated carbocycles. The van der Waals surface area contributed by atoms with Crippen LogP contribution in [-0.2, 0) is 30.7 Å². The van der Waals surface area contributed by atoms with Gasteiger partial charge in [0.15, 0.2) is 0 Å². The van der Waals surface area contributed by atoms with Crippen LogP contribution in [0, 0.1) is 0 Å². The van der Waals surface area contributed by atoms with Crippen molar-refractivity contribution >= 4 is 11.9 Å². The summed E-state index contributed by atoms with van der Waals surface area (Å²) in [4.78, 5) is 25.0. The Hall–Kier alpha value is -3.30. The SMILES string of the molecule is CN1CCN(Cc2nn(CC(=O)O)cc2-c2cnc(NC3Cc4ccccc4C3)nc2)CC1. The zero-order valence-electron chi connectivity index (χ0n) is 18.8. The molecule has 33 heavy (non-hydrogen) atoms. The second kappa shape index (κ2) is 9.29. The summed E-state index contributed by atoms with van der Waals surface area (Å²) in [6, 6.07) is 8.81. The summed E-state index contributed by atoms with van der Waals surface area (Å²) in [6.07, 6.45) is 7.33. The third-order valence-corrected chi connectivity index (χ3v) is 6.45. The van der Waals surface area contributed by atoms with Crippen LogP contribution in [0.1, 0.15) is 16.8 Å². The lowest BCUT2D eigenvalue weighted by Crippen LogP contribution is -2.44. The van der Waals surface area contributed by atoms with Gasteiger partial charge < -0.3 is 15.3 Å². The van der Waals surface area contributed by atoms with Gasteiger partial charge in [-0.2, -0.15) is 5.10 Å². The quantitative estimate of drug-likeness (QED) is 0.565. The number of hydrogen-bond donors (Lipinski definition) is 2. The fourth-order valence-corrected chi connectivity index (χ4v) is 4.64. The second-order valence-electron chi connectivity index (χ2n) is 8.97. The maximum atomic E-state index is 11.2. The van der Waals surface area contributed by atoms with Crippen molar-refractivity contribution in [1.29, 1.82) is 0 Å². The van der Waals surface area contributed by atoms with Gasteiger partial charge in [0.25, 0.3) is 0 Å². The van der Waals surface area contributed by atoms with Gasteiger partial charge in [-0.25, -0.2) is 9.97 Å². The number of hydrogen-bond acceptors (Lipinski definition) is 7. The molecule has 0 amide bonds. The van der Waals surface area contributed by atoms with Crippen molar-refractivity contribution in [3.63, 3.8) is 0 Å². The van der Waals surface area contributed by atoms with E-state index >= 15 is 0 Å². The molecule has 3 aromatic rings. The van der Waals surface area contributed by atoms with Crippen molar-refractivity contribution in [2.24, 2.45) is 0 Å². The zero-order valence-corrected chi connectivity index (χ0v) is 18.8. The topological polar surface area (TPSA) is 99.4 Å². The Morgan fingerprint density at radius 2 is 1.76 bits per heavy atom. The molecule has 5 rings (SSSR count). The fourth-order valence-electron chi connectivity index (χ4n) is 4.64. The van der Waals surface area contributed by atoms with E-state index in [4.69, 9.17) is 0 Å². The Morgan fingerprint density at radius 3 is 2.39 bits per heavy atom. The standard InChI is InChI=1S/C24H29N7O2/c1-29-6-8-30(9-7-29)15-22-21(14-31(28-22)16-23(32)33)19-12-25-24(26-13-19)27-20-10-17-4-2-3-5-18(17)11-20/h2-5,12-14,20H,6-11,15-16H2,1H3,(H,32,33)(H,25,26,27). The van der Waals surface area contributed by atoms with Crippen LogP contribution < -0.4 is 5.32 Å². The highest BCUT2D eigenvalue weighted by molar-refractivity contribution is 5.68. The van der Waals surface area contributed by atoms with E-state index in [9.17, 15) is 9.90 Å². The lowest BCUT2D eigenvalue weighted by Gasteiger charge is -2.32. The number of carboxylic acid groups (broad SMARTS) is 1. The molecular formula is C24H29N7O2. The average molecular weight is 448 g/mol. The van der Waals surface area contributed by atoms with E-state index < -0.39 is 5.97 Å². The van der Waals surface area contributed by atoms with Crippen LogP contribution in [0.3, 0.4) is 0 Å². The minimum atomic E-state index is -0.913. The molecule has 2 aromatic heterocycles. The monoisotopic (exact) mass is 447 g/mol. The van der Waals surface area contributed by atoms with Crippen molar-refractivity contribution in [1.82, 2.24) is 29.5 Å². The summed E-state index contributed by atoms with van der Waals surface area (Å²) in [7, 11) is 2.13. The first kappa shape index (κ1) is 21.5. The molecule has 0 bridgehead atoms. The first-order valence-corrected chi connectivity index (χ1v) is 11.4. The summed E-state index contributed by atoms with van der Waals surface area (Å²) >= 11 is 0. The van der Waals surface area contributed by atoms with Gasteiger partial charge in [-0.3, -0.25) is 14.4 Å². The number of benzene rings is 1. The minimum Gasteiger partial charge on any atom is -0.480 e. The van der Waals surface area contributed by atoms with Crippen molar-refractivity contribution in [2.75, 3.05) is 38.5 Å². The van der Waals surface area contributed by atoms with Crippen LogP contribution in [0.15, 0.2) is 42.9 Å². The van der Waals surface area contributed by atoms with E-state index in [1.807, 2.05) is 0 Å². The maximum absolute atomic E-state index is 11.2. The van der Waals surface area contributed by atoms with Crippen molar-refractivity contribution in [3.8, 4) is 11.1 Å². The van der Waals surface area contributed by atoms with E-state index in [0.29, 0.717) is 18.5 Å². The number of rotatable bonds is 7. The zero-order chi connectivity index (χ0) is 22.8. The Kier molecular flexibility index (Phi) is 6.06. The number of likely N-dealkylation sites (N-methyl/N-ethyl adjacent to an activating group) is 1. The molecular weight excluding hydrogens is 418 g/mol. The third-order valence-electron chi connectivity index (χ3n) is 6.45. The predicted molar refractivity (Wildman–Crippen MR) is 125 cm³/mol. The summed E-state index contributed by atoms with van der Waals surface area (Å²) in [5.74, 6) is -0.307. The molecule has 0 atom stereocenters. The molecule has 9 nitrogen and oxygen atoms in total. The van der Waals surface area contributed by atoms with Crippen molar-refractivity contribution < 1.29 is 9.90 Å². The fraction of sp³-hybridized carbons (Fsp3) is 0.417. The Balaban J connectivity index is 1.31. The number of piperazine rings is 1. The average Bonchev–Trinajstić information content (AvgIpc) is 3.38. The number of fused-ring (bicyclic) bond motifs is 1. The highest BCUT2D eigenvalue weighted by Gasteiger charge is 2.22. The van der Waals surface area contributed by atoms with Crippen LogP contribution in [0.4, 0.5) is 5.95 Å². The first-order valence-electron chi connectivity index (χ1n) is 11.4. The molecule has 1 fully saturated rings. The molecule has 1 aliphatic heterocycles. The Morgan fingerprint density at radius 1 is 1.09 bits per heavy atom. The molecule has 0 spiro atoms. The second-order valence-corrected chi connectivity index (χ2v) is 8.97. The smallest absolute Gasteiger partial charge is 0.325 e. The normalized spacial score (nSPS) is 17.2. The van der Waals surface area contributed by atoms with Crippen molar-refractivity contribution in [2.45, 2.75) is 32.0 Å². The van der Waals surface area contributed by atoms with E-state index in [1.54, 1.807) is 18.6 Å². The number of anilines is 1. The predicted octanol–water partition coefficient (Wildman–Crippen LogP) is 1.75. The maximum Gasteiger partial charge on any atom is 0.325 e. The largest absolute Gasteiger partial charge is 0.480 e. The number of aromatic nitrogens is 4. The van der Waals surface area contributed by atoms with E-state index in [1.165, 1.54) is 15.8 Å². The Labute approximate surface area is 193 Å². The van der Waals surface area contributed by atoms with Crippen LogP contribution in [-0.4, -0.2) is 79.9 Å². The van der Waals surface area contributed by atoms with Gasteiger partial charge in [-0.15, -0.1) is 0 Å². The van der Waals surface area contributed by atoms with E-state index in [2.05, 4.69) is 61.5 Å². The molecule has 0 radical (unpaired) electrons. The molecule has 2 N–H and O–H groups in total. The lowest BCUT2D eigenvalue weighted by molar-refractivity contribution is -0.137. The van der Waals surface area contributed by atoms with Crippen LogP contribution >= 0.6 is 0 Å². The molecule has 0 unspecified atom stereocenters. The van der Waals surface area contributed by atoms with Gasteiger partial charge in [-0.05, 0) is 31.0 Å². The highest BCUT2D eigenvalue weighted by atomic mass is 16.4. The summed E-state index contributed by atoms with van der Waals surface area (Å²) in [6.45, 7) is 4.46. The molecule has 2 aliphatic rings. The van der Waals surface area contributed by atoms with Gasteiger partial charge in [0.2, 0.25) is 5.95 Å². The molecule has 3 heterocycles. The van der Waals surface area contributed by atoms with E-state index in [-0.39, 0.29) is 6.54 Å². The van der Waals surface area contributed by atoms with Gasteiger partial charge in [0.1, 0.15) is 6.54 Å². The third kappa shape index (κ3) is 5.04. The number of aliphatic carboxylic acids is 1. The molecule has 1 aliphatic carbocycles. The molecule has 1 saturated heterocycles. The van der Waals surface area contributed by atoms with Crippen molar-refractivity contribution in [3.05, 3.63) is 59.7 Å². The van der Waals surface area contributed by atoms with Gasteiger partial charge in [0.05, 0.1) is 5.69 Å². The lowest BCUT2D eigenvalue weighted by atomic mass is 10.1. The molecule has 9 heteroatoms. The number of nitrogens with zero attached hydrogens (tertiary/aromatic N) is 6. The van der Waals surface area contributed by atoms with Crippen LogP contribution in [0.5, 0.6) is 0 Å². The van der Waals surface area contributed by atoms with Gasteiger partial charge in [-0.1, -0.05) is 24.3 Å². The van der Waals surface area contributed by atoms with Crippen LogP contribution in [0.2, 0.25) is 0 Å². The number of carboxylic acids is 1. The first-order chi connectivity index (χ1) is 16.0. The highest BCUT2D eigenvalue weighted by Crippen LogP contribution is 2.26.